The highest BCUT2D eigenvalue weighted by Crippen LogP contribution is 2.23. The van der Waals surface area contributed by atoms with Gasteiger partial charge in [-0.15, -0.1) is 0 Å². The maximum atomic E-state index is 13.6. The Balaban J connectivity index is 2.30. The number of nitrogens with two attached hydrogens (primary N) is 1. The van der Waals surface area contributed by atoms with Crippen molar-refractivity contribution in [1.29, 1.82) is 0 Å². The average molecular weight is 266 g/mol. The minimum Gasteiger partial charge on any atom is -0.320 e. The minimum absolute atomic E-state index is 0.0647. The second-order valence-corrected chi connectivity index (χ2v) is 4.67. The van der Waals surface area contributed by atoms with Crippen molar-refractivity contribution in [3.63, 3.8) is 0 Å². The maximum absolute atomic E-state index is 13.6. The average Bonchev–Trinajstić information content (AvgIpc) is 2.35. The molecule has 1 aromatic carbocycles. The second kappa shape index (κ2) is 5.01. The van der Waals surface area contributed by atoms with Gasteiger partial charge >= 0.3 is 0 Å². The monoisotopic (exact) mass is 266 g/mol. The van der Waals surface area contributed by atoms with Crippen LogP contribution in [0.25, 0.3) is 0 Å². The number of rotatable bonds is 3. The number of hydrogen-bond acceptors (Lipinski definition) is 2. The second-order valence-electron chi connectivity index (χ2n) is 4.67. The molecule has 1 unspecified atom stereocenters. The molecule has 19 heavy (non-hydrogen) atoms. The summed E-state index contributed by atoms with van der Waals surface area (Å²) in [5, 5.41) is 0. The third-order valence-electron chi connectivity index (χ3n) is 2.90. The molecule has 0 aliphatic carbocycles. The molecular weight excluding hydrogens is 253 g/mol. The molecule has 0 fully saturated rings. The number of benzene rings is 1. The van der Waals surface area contributed by atoms with Crippen molar-refractivity contribution in [1.82, 2.24) is 4.98 Å². The topological polar surface area (TPSA) is 38.9 Å². The number of hydrogen-bond donors (Lipinski definition) is 1. The van der Waals surface area contributed by atoms with Gasteiger partial charge in [-0.1, -0.05) is 12.1 Å². The summed E-state index contributed by atoms with van der Waals surface area (Å²) in [4.78, 5) is 3.88. The fourth-order valence-corrected chi connectivity index (χ4v) is 1.88. The van der Waals surface area contributed by atoms with Gasteiger partial charge in [-0.05, 0) is 37.1 Å². The molecule has 0 aliphatic heterocycles. The number of nitrogens with zero attached hydrogens (tertiary/aromatic N) is 1. The predicted octanol–water partition coefficient (Wildman–Crippen LogP) is 2.92. The van der Waals surface area contributed by atoms with Crippen molar-refractivity contribution in [3.05, 3.63) is 65.2 Å². The van der Waals surface area contributed by atoms with Gasteiger partial charge in [0.05, 0.1) is 17.4 Å². The first-order valence-electron chi connectivity index (χ1n) is 5.74. The lowest BCUT2D eigenvalue weighted by Crippen LogP contribution is -2.36. The molecule has 0 aliphatic rings. The third kappa shape index (κ3) is 2.93. The summed E-state index contributed by atoms with van der Waals surface area (Å²) in [6, 6.07) is 6.60. The Morgan fingerprint density at radius 2 is 1.89 bits per heavy atom. The quantitative estimate of drug-likeness (QED) is 0.927. The fraction of sp³-hybridized carbons (Fsp3) is 0.214. The molecule has 2 rings (SSSR count). The number of aromatic nitrogens is 1. The van der Waals surface area contributed by atoms with Crippen molar-refractivity contribution >= 4 is 0 Å². The van der Waals surface area contributed by atoms with Crippen LogP contribution in [0.4, 0.5) is 13.2 Å². The van der Waals surface area contributed by atoms with Gasteiger partial charge in [0.2, 0.25) is 0 Å². The van der Waals surface area contributed by atoms with E-state index in [1.165, 1.54) is 24.3 Å². The molecule has 2 aromatic rings. The Kier molecular flexibility index (Phi) is 3.57. The first-order valence-corrected chi connectivity index (χ1v) is 5.74. The molecule has 0 bridgehead atoms. The molecule has 100 valence electrons. The fourth-order valence-electron chi connectivity index (χ4n) is 1.88. The van der Waals surface area contributed by atoms with E-state index >= 15 is 0 Å². The summed E-state index contributed by atoms with van der Waals surface area (Å²) in [6.07, 6.45) is 1.11. The van der Waals surface area contributed by atoms with E-state index in [9.17, 15) is 13.2 Å². The predicted molar refractivity (Wildman–Crippen MR) is 65.8 cm³/mol. The van der Waals surface area contributed by atoms with Crippen LogP contribution in [0.2, 0.25) is 0 Å². The molecule has 0 spiro atoms. The van der Waals surface area contributed by atoms with Crippen molar-refractivity contribution in [2.45, 2.75) is 18.9 Å². The van der Waals surface area contributed by atoms with Crippen LogP contribution in [0.3, 0.4) is 0 Å². The lowest BCUT2D eigenvalue weighted by molar-refractivity contribution is 0.443. The summed E-state index contributed by atoms with van der Waals surface area (Å²) in [7, 11) is 0. The highest BCUT2D eigenvalue weighted by Gasteiger charge is 2.25. The number of halogens is 3. The van der Waals surface area contributed by atoms with Gasteiger partial charge in [0.15, 0.2) is 11.6 Å². The summed E-state index contributed by atoms with van der Waals surface area (Å²) in [5.74, 6) is -2.31. The van der Waals surface area contributed by atoms with Crippen LogP contribution in [-0.2, 0) is 12.0 Å². The first-order chi connectivity index (χ1) is 8.90. The van der Waals surface area contributed by atoms with E-state index in [1.54, 1.807) is 6.92 Å². The molecule has 0 saturated carbocycles. The van der Waals surface area contributed by atoms with Crippen LogP contribution in [0, 0.1) is 17.5 Å². The Labute approximate surface area is 109 Å². The smallest absolute Gasteiger partial charge is 0.162 e. The van der Waals surface area contributed by atoms with Gasteiger partial charge in [-0.3, -0.25) is 4.98 Å². The van der Waals surface area contributed by atoms with Gasteiger partial charge < -0.3 is 5.73 Å². The zero-order chi connectivity index (χ0) is 14.0. The first kappa shape index (κ1) is 13.5. The van der Waals surface area contributed by atoms with E-state index in [0.717, 1.165) is 12.3 Å². The molecule has 1 atom stereocenters. The van der Waals surface area contributed by atoms with E-state index in [0.29, 0.717) is 5.69 Å². The molecule has 1 aromatic heterocycles. The molecule has 0 amide bonds. The van der Waals surface area contributed by atoms with Crippen LogP contribution < -0.4 is 5.73 Å². The van der Waals surface area contributed by atoms with Crippen molar-refractivity contribution in [2.75, 3.05) is 0 Å². The van der Waals surface area contributed by atoms with Crippen LogP contribution >= 0.6 is 0 Å². The molecule has 0 saturated heterocycles. The summed E-state index contributed by atoms with van der Waals surface area (Å²) in [6.45, 7) is 1.64. The van der Waals surface area contributed by atoms with Gasteiger partial charge in [-0.2, -0.15) is 0 Å². The summed E-state index contributed by atoms with van der Waals surface area (Å²) in [5.41, 5.74) is 5.63. The van der Waals surface area contributed by atoms with Gasteiger partial charge in [0, 0.05) is 0 Å². The molecule has 0 radical (unpaired) electrons. The molecule has 5 heteroatoms. The van der Waals surface area contributed by atoms with Crippen LogP contribution in [-0.4, -0.2) is 4.98 Å². The van der Waals surface area contributed by atoms with E-state index in [2.05, 4.69) is 4.98 Å². The van der Waals surface area contributed by atoms with E-state index < -0.39 is 23.0 Å². The highest BCUT2D eigenvalue weighted by molar-refractivity contribution is 5.25. The zero-order valence-corrected chi connectivity index (χ0v) is 10.3. The van der Waals surface area contributed by atoms with Crippen molar-refractivity contribution in [2.24, 2.45) is 5.73 Å². The van der Waals surface area contributed by atoms with E-state index in [1.807, 2.05) is 0 Å². The maximum Gasteiger partial charge on any atom is 0.162 e. The molecule has 2 nitrogen and oxygen atoms in total. The van der Waals surface area contributed by atoms with Gasteiger partial charge in [0.25, 0.3) is 0 Å². The standard InChI is InChI=1S/C14H13F3N2/c1-14(18,12-6-5-10(15)8-19-12)7-9-3-2-4-11(16)13(9)17/h2-6,8H,7,18H2,1H3. The Hall–Kier alpha value is -1.88. The summed E-state index contributed by atoms with van der Waals surface area (Å²) < 4.78 is 39.5. The van der Waals surface area contributed by atoms with Crippen LogP contribution in [0.1, 0.15) is 18.2 Å². The third-order valence-corrected chi connectivity index (χ3v) is 2.90. The van der Waals surface area contributed by atoms with Gasteiger partial charge in [0.1, 0.15) is 5.82 Å². The van der Waals surface area contributed by atoms with Crippen molar-refractivity contribution < 1.29 is 13.2 Å². The Bertz CT molecular complexity index is 580. The SMILES string of the molecule is CC(N)(Cc1cccc(F)c1F)c1ccc(F)cn1. The largest absolute Gasteiger partial charge is 0.320 e. The normalized spacial score (nSPS) is 14.2. The summed E-state index contributed by atoms with van der Waals surface area (Å²) >= 11 is 0. The molecular formula is C14H13F3N2. The lowest BCUT2D eigenvalue weighted by atomic mass is 9.90. The van der Waals surface area contributed by atoms with Crippen LogP contribution in [0.15, 0.2) is 36.5 Å². The highest BCUT2D eigenvalue weighted by atomic mass is 19.2. The Morgan fingerprint density at radius 3 is 2.53 bits per heavy atom. The zero-order valence-electron chi connectivity index (χ0n) is 10.3. The molecule has 1 heterocycles. The van der Waals surface area contributed by atoms with Crippen LogP contribution in [0.5, 0.6) is 0 Å². The molecule has 2 N–H and O–H groups in total. The minimum atomic E-state index is -1.01. The van der Waals surface area contributed by atoms with Gasteiger partial charge in [-0.25, -0.2) is 13.2 Å². The Morgan fingerprint density at radius 1 is 1.16 bits per heavy atom. The van der Waals surface area contributed by atoms with E-state index in [-0.39, 0.29) is 12.0 Å². The lowest BCUT2D eigenvalue weighted by Gasteiger charge is -2.24. The number of pyridine rings is 1. The van der Waals surface area contributed by atoms with Crippen molar-refractivity contribution in [3.8, 4) is 0 Å². The van der Waals surface area contributed by atoms with E-state index in [4.69, 9.17) is 5.73 Å².